The number of hydrogen-bond acceptors (Lipinski definition) is 3. The standard InChI is InChI=1S/C16H18Cl2N2O2/c1-10-15(21)13(9-20(10)2)16(22)19-7-3-4-11-5-6-12(17)8-14(11)18/h5-6,8,21H,1,3-4,7,9H2,2H3,(H,19,22). The number of carbonyl (C=O) groups is 1. The second-order valence-electron chi connectivity index (χ2n) is 5.23. The van der Waals surface area contributed by atoms with Gasteiger partial charge in [0, 0.05) is 23.6 Å². The van der Waals surface area contributed by atoms with Crippen LogP contribution in [0.15, 0.2) is 41.8 Å². The van der Waals surface area contributed by atoms with Crippen molar-refractivity contribution in [2.45, 2.75) is 12.8 Å². The number of benzene rings is 1. The van der Waals surface area contributed by atoms with Crippen LogP contribution < -0.4 is 5.32 Å². The minimum absolute atomic E-state index is 0.0271. The summed E-state index contributed by atoms with van der Waals surface area (Å²) in [6.45, 7) is 4.59. The third-order valence-electron chi connectivity index (χ3n) is 3.61. The molecule has 22 heavy (non-hydrogen) atoms. The lowest BCUT2D eigenvalue weighted by Crippen LogP contribution is -2.28. The highest BCUT2D eigenvalue weighted by Crippen LogP contribution is 2.23. The zero-order valence-electron chi connectivity index (χ0n) is 12.3. The Morgan fingerprint density at radius 1 is 1.45 bits per heavy atom. The number of rotatable bonds is 5. The fourth-order valence-corrected chi connectivity index (χ4v) is 2.76. The van der Waals surface area contributed by atoms with E-state index in [1.54, 1.807) is 24.1 Å². The van der Waals surface area contributed by atoms with E-state index in [2.05, 4.69) is 11.9 Å². The molecule has 0 bridgehead atoms. The van der Waals surface area contributed by atoms with Gasteiger partial charge in [0.1, 0.15) is 5.76 Å². The SMILES string of the molecule is C=C1C(O)=C(C(=O)NCCCc2ccc(Cl)cc2Cl)CN1C. The molecule has 1 amide bonds. The zero-order chi connectivity index (χ0) is 16.3. The van der Waals surface area contributed by atoms with E-state index in [0.29, 0.717) is 34.4 Å². The van der Waals surface area contributed by atoms with Gasteiger partial charge < -0.3 is 15.3 Å². The van der Waals surface area contributed by atoms with Gasteiger partial charge >= 0.3 is 0 Å². The van der Waals surface area contributed by atoms with E-state index in [9.17, 15) is 9.90 Å². The third kappa shape index (κ3) is 3.76. The molecule has 2 N–H and O–H groups in total. The summed E-state index contributed by atoms with van der Waals surface area (Å²) in [5.74, 6) is -0.286. The van der Waals surface area contributed by atoms with E-state index in [1.807, 2.05) is 6.07 Å². The lowest BCUT2D eigenvalue weighted by molar-refractivity contribution is -0.117. The molecule has 6 heteroatoms. The van der Waals surface area contributed by atoms with Gasteiger partial charge in [-0.3, -0.25) is 4.79 Å². The maximum absolute atomic E-state index is 12.0. The van der Waals surface area contributed by atoms with Gasteiger partial charge in [0.05, 0.1) is 17.8 Å². The Balaban J connectivity index is 1.82. The fourth-order valence-electron chi connectivity index (χ4n) is 2.25. The van der Waals surface area contributed by atoms with Crippen LogP contribution in [0.2, 0.25) is 10.0 Å². The summed E-state index contributed by atoms with van der Waals surface area (Å²) in [5, 5.41) is 13.9. The van der Waals surface area contributed by atoms with Crippen LogP contribution in [0.1, 0.15) is 12.0 Å². The van der Waals surface area contributed by atoms with Crippen molar-refractivity contribution >= 4 is 29.1 Å². The van der Waals surface area contributed by atoms with Gasteiger partial charge in [-0.2, -0.15) is 0 Å². The first-order chi connectivity index (χ1) is 10.4. The second kappa shape index (κ2) is 7.07. The smallest absolute Gasteiger partial charge is 0.252 e. The number of nitrogens with zero attached hydrogens (tertiary/aromatic N) is 1. The summed E-state index contributed by atoms with van der Waals surface area (Å²) in [5.41, 5.74) is 1.83. The number of carbonyl (C=O) groups excluding carboxylic acids is 1. The van der Waals surface area contributed by atoms with Crippen LogP contribution in [-0.4, -0.2) is 36.1 Å². The quantitative estimate of drug-likeness (QED) is 0.808. The van der Waals surface area contributed by atoms with Gasteiger partial charge in [0.25, 0.3) is 5.91 Å². The van der Waals surface area contributed by atoms with E-state index < -0.39 is 0 Å². The van der Waals surface area contributed by atoms with Gasteiger partial charge in [-0.1, -0.05) is 35.8 Å². The molecule has 0 atom stereocenters. The minimum atomic E-state index is -0.259. The van der Waals surface area contributed by atoms with Crippen molar-refractivity contribution in [3.05, 3.63) is 57.4 Å². The average Bonchev–Trinajstić information content (AvgIpc) is 2.73. The summed E-state index contributed by atoms with van der Waals surface area (Å²) >= 11 is 11.9. The second-order valence-corrected chi connectivity index (χ2v) is 6.07. The van der Waals surface area contributed by atoms with E-state index >= 15 is 0 Å². The van der Waals surface area contributed by atoms with Crippen LogP contribution in [0.5, 0.6) is 0 Å². The normalized spacial score (nSPS) is 14.7. The summed E-state index contributed by atoms with van der Waals surface area (Å²) < 4.78 is 0. The number of likely N-dealkylation sites (N-methyl/N-ethyl adjacent to an activating group) is 1. The summed E-state index contributed by atoms with van der Waals surface area (Å²) in [7, 11) is 1.78. The Labute approximate surface area is 140 Å². The molecule has 0 radical (unpaired) electrons. The maximum atomic E-state index is 12.0. The molecule has 0 fully saturated rings. The van der Waals surface area contributed by atoms with Gasteiger partial charge in [0.2, 0.25) is 0 Å². The number of nitrogens with one attached hydrogen (secondary N) is 1. The van der Waals surface area contributed by atoms with Crippen LogP contribution in [0.4, 0.5) is 0 Å². The summed E-state index contributed by atoms with van der Waals surface area (Å²) in [4.78, 5) is 13.8. The van der Waals surface area contributed by atoms with Gasteiger partial charge in [-0.15, -0.1) is 0 Å². The van der Waals surface area contributed by atoms with Gasteiger partial charge in [0.15, 0.2) is 0 Å². The molecule has 118 valence electrons. The van der Waals surface area contributed by atoms with Crippen molar-refractivity contribution in [1.82, 2.24) is 10.2 Å². The van der Waals surface area contributed by atoms with Crippen LogP contribution in [0.3, 0.4) is 0 Å². The Kier molecular flexibility index (Phi) is 5.37. The molecule has 0 spiro atoms. The molecule has 0 saturated heterocycles. The lowest BCUT2D eigenvalue weighted by atomic mass is 10.1. The van der Waals surface area contributed by atoms with Crippen LogP contribution in [0, 0.1) is 0 Å². The van der Waals surface area contributed by atoms with Crippen molar-refractivity contribution in [3.8, 4) is 0 Å². The first kappa shape index (κ1) is 16.7. The molecule has 0 aliphatic carbocycles. The Hall–Kier alpha value is -1.65. The largest absolute Gasteiger partial charge is 0.505 e. The van der Waals surface area contributed by atoms with Crippen molar-refractivity contribution in [2.24, 2.45) is 0 Å². The molecule has 0 unspecified atom stereocenters. The van der Waals surface area contributed by atoms with Crippen LogP contribution >= 0.6 is 23.2 Å². The number of amides is 1. The molecular weight excluding hydrogens is 323 g/mol. The summed E-state index contributed by atoms with van der Waals surface area (Å²) in [6.07, 6.45) is 1.49. The van der Waals surface area contributed by atoms with E-state index in [0.717, 1.165) is 18.4 Å². The zero-order valence-corrected chi connectivity index (χ0v) is 13.8. The molecule has 1 aromatic rings. The molecule has 1 heterocycles. The van der Waals surface area contributed by atoms with E-state index in [1.165, 1.54) is 0 Å². The molecule has 1 aromatic carbocycles. The van der Waals surface area contributed by atoms with E-state index in [-0.39, 0.29) is 11.7 Å². The lowest BCUT2D eigenvalue weighted by Gasteiger charge is -2.11. The molecule has 4 nitrogen and oxygen atoms in total. The molecule has 0 aromatic heterocycles. The van der Waals surface area contributed by atoms with Crippen molar-refractivity contribution in [3.63, 3.8) is 0 Å². The number of halogens is 2. The molecular formula is C16H18Cl2N2O2. The van der Waals surface area contributed by atoms with Crippen LogP contribution in [0.25, 0.3) is 0 Å². The first-order valence-electron chi connectivity index (χ1n) is 6.94. The topological polar surface area (TPSA) is 52.6 Å². The van der Waals surface area contributed by atoms with Crippen molar-refractivity contribution < 1.29 is 9.90 Å². The average molecular weight is 341 g/mol. The molecule has 1 aliphatic heterocycles. The van der Waals surface area contributed by atoms with Gasteiger partial charge in [-0.25, -0.2) is 0 Å². The predicted octanol–water partition coefficient (Wildman–Crippen LogP) is 3.31. The number of aryl methyl sites for hydroxylation is 1. The van der Waals surface area contributed by atoms with E-state index in [4.69, 9.17) is 23.2 Å². The Morgan fingerprint density at radius 2 is 2.18 bits per heavy atom. The highest BCUT2D eigenvalue weighted by Gasteiger charge is 2.26. The van der Waals surface area contributed by atoms with Crippen molar-refractivity contribution in [1.29, 1.82) is 0 Å². The van der Waals surface area contributed by atoms with Crippen LogP contribution in [-0.2, 0) is 11.2 Å². The molecule has 0 saturated carbocycles. The molecule has 2 rings (SSSR count). The number of aliphatic hydroxyl groups excluding tert-OH is 1. The Morgan fingerprint density at radius 3 is 2.77 bits per heavy atom. The van der Waals surface area contributed by atoms with Crippen molar-refractivity contribution in [2.75, 3.05) is 20.1 Å². The summed E-state index contributed by atoms with van der Waals surface area (Å²) in [6, 6.07) is 5.39. The highest BCUT2D eigenvalue weighted by atomic mass is 35.5. The number of aliphatic hydroxyl groups is 1. The monoisotopic (exact) mass is 340 g/mol. The predicted molar refractivity (Wildman–Crippen MR) is 89.2 cm³/mol. The highest BCUT2D eigenvalue weighted by molar-refractivity contribution is 6.35. The molecule has 1 aliphatic rings. The maximum Gasteiger partial charge on any atom is 0.252 e. The minimum Gasteiger partial charge on any atom is -0.505 e. The number of hydrogen-bond donors (Lipinski definition) is 2. The third-order valence-corrected chi connectivity index (χ3v) is 4.20. The van der Waals surface area contributed by atoms with Gasteiger partial charge in [-0.05, 0) is 30.5 Å². The Bertz CT molecular complexity index is 641. The fraction of sp³-hybridized carbons (Fsp3) is 0.312. The first-order valence-corrected chi connectivity index (χ1v) is 7.70.